The van der Waals surface area contributed by atoms with E-state index < -0.39 is 0 Å². The van der Waals surface area contributed by atoms with E-state index in [1.165, 1.54) is 6.07 Å². The molecule has 2 N–H and O–H groups in total. The Bertz CT molecular complexity index is 420. The maximum atomic E-state index is 13.6. The van der Waals surface area contributed by atoms with Gasteiger partial charge in [0.05, 0.1) is 4.47 Å². The van der Waals surface area contributed by atoms with Gasteiger partial charge in [-0.25, -0.2) is 4.39 Å². The Morgan fingerprint density at radius 1 is 1.53 bits per heavy atom. The molecule has 0 fully saturated rings. The van der Waals surface area contributed by atoms with Crippen molar-refractivity contribution in [1.29, 1.82) is 0 Å². The standard InChI is InChI=1S/C10H9BrFNO2/c11-9-6(2-1-3-13)7(12)4-8-10(9)15-5-14-8/h1-2,4H,3,5,13H2/b2-1+. The SMILES string of the molecule is NC/C=C/c1c(F)cc2c(c1Br)OCO2. The molecule has 3 nitrogen and oxygen atoms in total. The summed E-state index contributed by atoms with van der Waals surface area (Å²) in [5, 5.41) is 0. The number of ether oxygens (including phenoxy) is 2. The number of hydrogen-bond donors (Lipinski definition) is 1. The van der Waals surface area contributed by atoms with Crippen molar-refractivity contribution in [2.24, 2.45) is 5.73 Å². The Balaban J connectivity index is 2.51. The van der Waals surface area contributed by atoms with Crippen molar-refractivity contribution in [1.82, 2.24) is 0 Å². The first-order chi connectivity index (χ1) is 7.24. The van der Waals surface area contributed by atoms with Crippen LogP contribution in [-0.4, -0.2) is 13.3 Å². The van der Waals surface area contributed by atoms with E-state index in [1.807, 2.05) is 0 Å². The van der Waals surface area contributed by atoms with Crippen molar-refractivity contribution in [3.8, 4) is 11.5 Å². The molecule has 0 spiro atoms. The predicted molar refractivity (Wildman–Crippen MR) is 58.3 cm³/mol. The largest absolute Gasteiger partial charge is 0.453 e. The molecule has 0 atom stereocenters. The van der Waals surface area contributed by atoms with Gasteiger partial charge >= 0.3 is 0 Å². The molecule has 0 unspecified atom stereocenters. The van der Waals surface area contributed by atoms with Crippen molar-refractivity contribution in [2.75, 3.05) is 13.3 Å². The average Bonchev–Trinajstić information content (AvgIpc) is 2.65. The Labute approximate surface area is 94.8 Å². The van der Waals surface area contributed by atoms with Crippen molar-refractivity contribution >= 4 is 22.0 Å². The minimum absolute atomic E-state index is 0.122. The normalized spacial score (nSPS) is 13.8. The molecule has 0 radical (unpaired) electrons. The summed E-state index contributed by atoms with van der Waals surface area (Å²) in [5.41, 5.74) is 5.73. The molecule has 0 aromatic heterocycles. The highest BCUT2D eigenvalue weighted by Gasteiger charge is 2.21. The van der Waals surface area contributed by atoms with Gasteiger partial charge in [0.15, 0.2) is 11.5 Å². The quantitative estimate of drug-likeness (QED) is 0.899. The average molecular weight is 274 g/mol. The lowest BCUT2D eigenvalue weighted by Gasteiger charge is -2.04. The van der Waals surface area contributed by atoms with Gasteiger partial charge < -0.3 is 15.2 Å². The molecule has 1 aromatic carbocycles. The molecule has 1 aromatic rings. The fourth-order valence-electron chi connectivity index (χ4n) is 1.33. The summed E-state index contributed by atoms with van der Waals surface area (Å²) in [4.78, 5) is 0. The number of nitrogens with two attached hydrogens (primary N) is 1. The zero-order valence-corrected chi connectivity index (χ0v) is 9.38. The number of benzene rings is 1. The molecule has 0 amide bonds. The van der Waals surface area contributed by atoms with Gasteiger partial charge in [-0.05, 0) is 15.9 Å². The van der Waals surface area contributed by atoms with Crippen LogP contribution in [0.4, 0.5) is 4.39 Å². The Morgan fingerprint density at radius 3 is 3.07 bits per heavy atom. The zero-order valence-electron chi connectivity index (χ0n) is 7.80. The van der Waals surface area contributed by atoms with E-state index in [0.29, 0.717) is 28.1 Å². The highest BCUT2D eigenvalue weighted by atomic mass is 79.9. The molecular formula is C10H9BrFNO2. The lowest BCUT2D eigenvalue weighted by molar-refractivity contribution is 0.173. The first-order valence-corrected chi connectivity index (χ1v) is 5.17. The second kappa shape index (κ2) is 4.20. The first-order valence-electron chi connectivity index (χ1n) is 4.38. The van der Waals surface area contributed by atoms with Gasteiger partial charge in [0.1, 0.15) is 5.82 Å². The number of halogens is 2. The summed E-state index contributed by atoms with van der Waals surface area (Å²) in [7, 11) is 0. The molecule has 2 rings (SSSR count). The third kappa shape index (κ3) is 1.85. The Hall–Kier alpha value is -1.07. The van der Waals surface area contributed by atoms with E-state index in [9.17, 15) is 4.39 Å². The van der Waals surface area contributed by atoms with Crippen LogP contribution >= 0.6 is 15.9 Å². The highest BCUT2D eigenvalue weighted by molar-refractivity contribution is 9.10. The summed E-state index contributed by atoms with van der Waals surface area (Å²) >= 11 is 3.28. The van der Waals surface area contributed by atoms with E-state index in [1.54, 1.807) is 12.2 Å². The molecule has 1 heterocycles. The molecule has 0 saturated carbocycles. The van der Waals surface area contributed by atoms with Crippen LogP contribution in [-0.2, 0) is 0 Å². The van der Waals surface area contributed by atoms with Gasteiger partial charge in [-0.1, -0.05) is 12.2 Å². The van der Waals surface area contributed by atoms with E-state index in [0.717, 1.165) is 0 Å². The van der Waals surface area contributed by atoms with Crippen LogP contribution in [0.5, 0.6) is 11.5 Å². The summed E-state index contributed by atoms with van der Waals surface area (Å²) in [6, 6.07) is 1.31. The van der Waals surface area contributed by atoms with E-state index >= 15 is 0 Å². The van der Waals surface area contributed by atoms with Gasteiger partial charge in [0, 0.05) is 18.2 Å². The monoisotopic (exact) mass is 273 g/mol. The molecule has 15 heavy (non-hydrogen) atoms. The predicted octanol–water partition coefficient (Wildman–Crippen LogP) is 2.29. The maximum absolute atomic E-state index is 13.6. The third-order valence-electron chi connectivity index (χ3n) is 2.01. The van der Waals surface area contributed by atoms with Crippen LogP contribution in [0.25, 0.3) is 6.08 Å². The lowest BCUT2D eigenvalue weighted by Crippen LogP contribution is -1.94. The molecule has 0 bridgehead atoms. The smallest absolute Gasteiger partial charge is 0.231 e. The van der Waals surface area contributed by atoms with Gasteiger partial charge in [0.25, 0.3) is 0 Å². The van der Waals surface area contributed by atoms with Gasteiger partial charge in [-0.15, -0.1) is 0 Å². The summed E-state index contributed by atoms with van der Waals surface area (Å²) < 4.78 is 24.4. The second-order valence-electron chi connectivity index (χ2n) is 2.96. The van der Waals surface area contributed by atoms with E-state index in [4.69, 9.17) is 15.2 Å². The summed E-state index contributed by atoms with van der Waals surface area (Å²) in [5.74, 6) is 0.591. The molecule has 1 aliphatic heterocycles. The third-order valence-corrected chi connectivity index (χ3v) is 2.80. The van der Waals surface area contributed by atoms with Gasteiger partial charge in [0.2, 0.25) is 6.79 Å². The van der Waals surface area contributed by atoms with E-state index in [-0.39, 0.29) is 12.6 Å². The second-order valence-corrected chi connectivity index (χ2v) is 3.75. The van der Waals surface area contributed by atoms with Crippen molar-refractivity contribution in [3.05, 3.63) is 28.0 Å². The number of hydrogen-bond acceptors (Lipinski definition) is 3. The topological polar surface area (TPSA) is 44.5 Å². The minimum atomic E-state index is -0.365. The molecule has 0 saturated heterocycles. The zero-order chi connectivity index (χ0) is 10.8. The maximum Gasteiger partial charge on any atom is 0.231 e. The van der Waals surface area contributed by atoms with Crippen LogP contribution < -0.4 is 15.2 Å². The van der Waals surface area contributed by atoms with E-state index in [2.05, 4.69) is 15.9 Å². The highest BCUT2D eigenvalue weighted by Crippen LogP contribution is 2.42. The molecule has 5 heteroatoms. The Kier molecular flexibility index (Phi) is 2.93. The molecular weight excluding hydrogens is 265 g/mol. The van der Waals surface area contributed by atoms with Crippen LogP contribution in [0.3, 0.4) is 0 Å². The van der Waals surface area contributed by atoms with Crippen LogP contribution in [0.2, 0.25) is 0 Å². The Morgan fingerprint density at radius 2 is 2.33 bits per heavy atom. The van der Waals surface area contributed by atoms with Crippen molar-refractivity contribution < 1.29 is 13.9 Å². The van der Waals surface area contributed by atoms with Crippen molar-refractivity contribution in [2.45, 2.75) is 0 Å². The van der Waals surface area contributed by atoms with Crippen LogP contribution in [0.15, 0.2) is 16.6 Å². The number of rotatable bonds is 2. The molecule has 1 aliphatic rings. The summed E-state index contributed by atoms with van der Waals surface area (Å²) in [6.07, 6.45) is 3.28. The van der Waals surface area contributed by atoms with Crippen molar-refractivity contribution in [3.63, 3.8) is 0 Å². The number of fused-ring (bicyclic) bond motifs is 1. The molecule has 0 aliphatic carbocycles. The summed E-state index contributed by atoms with van der Waals surface area (Å²) in [6.45, 7) is 0.484. The van der Waals surface area contributed by atoms with Crippen LogP contribution in [0.1, 0.15) is 5.56 Å². The van der Waals surface area contributed by atoms with Crippen LogP contribution in [0, 0.1) is 5.82 Å². The molecule has 80 valence electrons. The van der Waals surface area contributed by atoms with Gasteiger partial charge in [-0.2, -0.15) is 0 Å². The lowest BCUT2D eigenvalue weighted by atomic mass is 10.1. The van der Waals surface area contributed by atoms with Gasteiger partial charge in [-0.3, -0.25) is 0 Å². The fourth-order valence-corrected chi connectivity index (χ4v) is 1.96. The first kappa shape index (κ1) is 10.4. The minimum Gasteiger partial charge on any atom is -0.453 e. The fraction of sp³-hybridized carbons (Fsp3) is 0.200.